The Balaban J connectivity index is 2.32. The molecule has 0 amide bonds. The van der Waals surface area contributed by atoms with Gasteiger partial charge in [-0.2, -0.15) is 0 Å². The molecule has 0 aliphatic heterocycles. The molecule has 1 atom stereocenters. The number of rotatable bonds is 3. The molecule has 3 N–H and O–H groups in total. The number of halogens is 1. The molecule has 0 saturated heterocycles. The lowest BCUT2D eigenvalue weighted by molar-refractivity contribution is 0.187. The van der Waals surface area contributed by atoms with Gasteiger partial charge in [0, 0.05) is 15.9 Å². The van der Waals surface area contributed by atoms with Gasteiger partial charge in [-0.1, -0.05) is 22.0 Å². The molecule has 15 heavy (non-hydrogen) atoms. The summed E-state index contributed by atoms with van der Waals surface area (Å²) in [5, 5.41) is 9.36. The first-order valence-electron chi connectivity index (χ1n) is 5.21. The van der Waals surface area contributed by atoms with Crippen molar-refractivity contribution in [1.82, 2.24) is 0 Å². The number of hydrogen-bond donors (Lipinski definition) is 2. The topological polar surface area (TPSA) is 46.2 Å². The molecular formula is C12H16BrNO. The monoisotopic (exact) mass is 269 g/mol. The number of nitrogens with two attached hydrogens (primary N) is 1. The molecule has 0 bridgehead atoms. The Morgan fingerprint density at radius 1 is 1.53 bits per heavy atom. The van der Waals surface area contributed by atoms with Crippen molar-refractivity contribution in [3.8, 4) is 0 Å². The van der Waals surface area contributed by atoms with Crippen LogP contribution >= 0.6 is 15.9 Å². The van der Waals surface area contributed by atoms with E-state index in [0.717, 1.165) is 22.9 Å². The lowest BCUT2D eigenvalue weighted by atomic mass is 9.89. The Bertz CT molecular complexity index is 374. The van der Waals surface area contributed by atoms with Crippen LogP contribution in [-0.4, -0.2) is 11.7 Å². The van der Waals surface area contributed by atoms with Gasteiger partial charge in [-0.15, -0.1) is 0 Å². The normalized spacial score (nSPS) is 20.0. The number of aliphatic hydroxyl groups excluding tert-OH is 1. The molecule has 3 heteroatoms. The van der Waals surface area contributed by atoms with Crippen LogP contribution in [0.2, 0.25) is 0 Å². The van der Waals surface area contributed by atoms with Crippen LogP contribution < -0.4 is 5.73 Å². The zero-order chi connectivity index (χ0) is 11.1. The van der Waals surface area contributed by atoms with Crippen LogP contribution in [0, 0.1) is 12.3 Å². The van der Waals surface area contributed by atoms with Crippen molar-refractivity contribution in [2.24, 2.45) is 11.1 Å². The van der Waals surface area contributed by atoms with Gasteiger partial charge >= 0.3 is 0 Å². The highest BCUT2D eigenvalue weighted by molar-refractivity contribution is 9.10. The van der Waals surface area contributed by atoms with Crippen LogP contribution in [0.1, 0.15) is 30.0 Å². The summed E-state index contributed by atoms with van der Waals surface area (Å²) in [6.45, 7) is 2.26. The van der Waals surface area contributed by atoms with Gasteiger partial charge in [0.1, 0.15) is 0 Å². The third kappa shape index (κ3) is 1.96. The summed E-state index contributed by atoms with van der Waals surface area (Å²) in [6, 6.07) is 6.10. The van der Waals surface area contributed by atoms with Crippen molar-refractivity contribution in [2.75, 3.05) is 6.61 Å². The predicted molar refractivity (Wildman–Crippen MR) is 64.6 cm³/mol. The van der Waals surface area contributed by atoms with Crippen LogP contribution in [0.5, 0.6) is 0 Å². The maximum atomic E-state index is 9.36. The largest absolute Gasteiger partial charge is 0.396 e. The molecule has 1 fully saturated rings. The maximum absolute atomic E-state index is 9.36. The van der Waals surface area contributed by atoms with Crippen LogP contribution in [-0.2, 0) is 0 Å². The SMILES string of the molecule is Cc1ccc(Br)cc1C(N)C1(CO)CC1. The highest BCUT2D eigenvalue weighted by Gasteiger charge is 2.48. The molecule has 1 aromatic carbocycles. The lowest BCUT2D eigenvalue weighted by Crippen LogP contribution is -2.26. The van der Waals surface area contributed by atoms with E-state index in [1.807, 2.05) is 6.07 Å². The summed E-state index contributed by atoms with van der Waals surface area (Å²) in [4.78, 5) is 0. The zero-order valence-electron chi connectivity index (χ0n) is 8.83. The summed E-state index contributed by atoms with van der Waals surface area (Å²) < 4.78 is 1.05. The Labute approximate surface area is 98.6 Å². The fourth-order valence-electron chi connectivity index (χ4n) is 2.00. The molecule has 0 spiro atoms. The standard InChI is InChI=1S/C12H16BrNO/c1-8-2-3-9(13)6-10(8)11(14)12(7-15)4-5-12/h2-3,6,11,15H,4-5,7,14H2,1H3. The Hall–Kier alpha value is -0.380. The van der Waals surface area contributed by atoms with E-state index in [0.29, 0.717) is 0 Å². The van der Waals surface area contributed by atoms with E-state index in [2.05, 4.69) is 35.0 Å². The van der Waals surface area contributed by atoms with E-state index in [9.17, 15) is 5.11 Å². The van der Waals surface area contributed by atoms with Gasteiger partial charge in [0.15, 0.2) is 0 Å². The number of aliphatic hydroxyl groups is 1. The van der Waals surface area contributed by atoms with Gasteiger partial charge in [-0.3, -0.25) is 0 Å². The first kappa shape index (κ1) is 11.1. The molecule has 1 aromatic rings. The highest BCUT2D eigenvalue weighted by atomic mass is 79.9. The number of aryl methyl sites for hydroxylation is 1. The number of benzene rings is 1. The summed E-state index contributed by atoms with van der Waals surface area (Å²) in [5.74, 6) is 0. The predicted octanol–water partition coefficient (Wildman–Crippen LogP) is 2.53. The Morgan fingerprint density at radius 2 is 2.20 bits per heavy atom. The van der Waals surface area contributed by atoms with Crippen molar-refractivity contribution in [3.63, 3.8) is 0 Å². The fourth-order valence-corrected chi connectivity index (χ4v) is 2.38. The molecule has 2 rings (SSSR count). The molecule has 2 nitrogen and oxygen atoms in total. The molecule has 1 unspecified atom stereocenters. The van der Waals surface area contributed by atoms with Gasteiger partial charge in [0.25, 0.3) is 0 Å². The minimum atomic E-state index is -0.0500. The first-order valence-corrected chi connectivity index (χ1v) is 6.01. The first-order chi connectivity index (χ1) is 7.09. The summed E-state index contributed by atoms with van der Waals surface area (Å²) in [7, 11) is 0. The third-order valence-electron chi connectivity index (χ3n) is 3.44. The van der Waals surface area contributed by atoms with Crippen LogP contribution in [0.25, 0.3) is 0 Å². The summed E-state index contributed by atoms with van der Waals surface area (Å²) in [6.07, 6.45) is 2.08. The van der Waals surface area contributed by atoms with Crippen molar-refractivity contribution in [1.29, 1.82) is 0 Å². The number of hydrogen-bond acceptors (Lipinski definition) is 2. The molecule has 0 radical (unpaired) electrons. The van der Waals surface area contributed by atoms with Gasteiger partial charge in [-0.25, -0.2) is 0 Å². The van der Waals surface area contributed by atoms with E-state index in [-0.39, 0.29) is 18.1 Å². The van der Waals surface area contributed by atoms with Gasteiger partial charge in [0.05, 0.1) is 6.61 Å². The van der Waals surface area contributed by atoms with Crippen LogP contribution in [0.3, 0.4) is 0 Å². The van der Waals surface area contributed by atoms with Crippen molar-refractivity contribution < 1.29 is 5.11 Å². The van der Waals surface area contributed by atoms with E-state index in [4.69, 9.17) is 5.73 Å². The molecule has 0 aromatic heterocycles. The average Bonchev–Trinajstić information content (AvgIpc) is 3.01. The van der Waals surface area contributed by atoms with Crippen molar-refractivity contribution in [2.45, 2.75) is 25.8 Å². The maximum Gasteiger partial charge on any atom is 0.0505 e. The highest BCUT2D eigenvalue weighted by Crippen LogP contribution is 2.53. The smallest absolute Gasteiger partial charge is 0.0505 e. The molecule has 1 aliphatic carbocycles. The fraction of sp³-hybridized carbons (Fsp3) is 0.500. The second-order valence-electron chi connectivity index (χ2n) is 4.50. The average molecular weight is 270 g/mol. The van der Waals surface area contributed by atoms with Gasteiger partial charge in [-0.05, 0) is 43.0 Å². The summed E-state index contributed by atoms with van der Waals surface area (Å²) >= 11 is 3.46. The minimum Gasteiger partial charge on any atom is -0.396 e. The lowest BCUT2D eigenvalue weighted by Gasteiger charge is -2.23. The third-order valence-corrected chi connectivity index (χ3v) is 3.94. The van der Waals surface area contributed by atoms with Crippen molar-refractivity contribution in [3.05, 3.63) is 33.8 Å². The van der Waals surface area contributed by atoms with Gasteiger partial charge in [0.2, 0.25) is 0 Å². The summed E-state index contributed by atoms with van der Waals surface area (Å²) in [5.41, 5.74) is 8.53. The van der Waals surface area contributed by atoms with E-state index in [1.54, 1.807) is 0 Å². The van der Waals surface area contributed by atoms with Gasteiger partial charge < -0.3 is 10.8 Å². The molecule has 1 aliphatic rings. The minimum absolute atomic E-state index is 0.0417. The molecular weight excluding hydrogens is 254 g/mol. The van der Waals surface area contributed by atoms with Crippen LogP contribution in [0.15, 0.2) is 22.7 Å². The van der Waals surface area contributed by atoms with Crippen LogP contribution in [0.4, 0.5) is 0 Å². The molecule has 1 saturated carbocycles. The van der Waals surface area contributed by atoms with E-state index in [1.165, 1.54) is 5.56 Å². The Morgan fingerprint density at radius 3 is 2.73 bits per heavy atom. The molecule has 82 valence electrons. The zero-order valence-corrected chi connectivity index (χ0v) is 10.4. The van der Waals surface area contributed by atoms with Crippen molar-refractivity contribution >= 4 is 15.9 Å². The molecule has 0 heterocycles. The second kappa shape index (κ2) is 3.89. The Kier molecular flexibility index (Phi) is 2.88. The second-order valence-corrected chi connectivity index (χ2v) is 5.41. The quantitative estimate of drug-likeness (QED) is 0.886. The van der Waals surface area contributed by atoms with E-state index < -0.39 is 0 Å². The van der Waals surface area contributed by atoms with E-state index >= 15 is 0 Å².